The van der Waals surface area contributed by atoms with Gasteiger partial charge in [-0.25, -0.2) is 4.98 Å². The van der Waals surface area contributed by atoms with Crippen molar-refractivity contribution in [1.82, 2.24) is 9.88 Å². The lowest BCUT2D eigenvalue weighted by atomic mass is 9.95. The molecule has 0 unspecified atom stereocenters. The van der Waals surface area contributed by atoms with Crippen molar-refractivity contribution in [2.24, 2.45) is 5.92 Å². The van der Waals surface area contributed by atoms with Crippen LogP contribution in [0.1, 0.15) is 29.1 Å². The number of piperidine rings is 1. The van der Waals surface area contributed by atoms with Crippen molar-refractivity contribution in [2.75, 3.05) is 18.4 Å². The Morgan fingerprint density at radius 1 is 1.38 bits per heavy atom. The van der Waals surface area contributed by atoms with Crippen molar-refractivity contribution in [2.45, 2.75) is 33.2 Å². The fourth-order valence-corrected chi connectivity index (χ4v) is 3.88. The monoisotopic (exact) mass is 407 g/mol. The van der Waals surface area contributed by atoms with E-state index in [1.807, 2.05) is 32.0 Å². The molecule has 0 aliphatic carbocycles. The van der Waals surface area contributed by atoms with Gasteiger partial charge >= 0.3 is 0 Å². The lowest BCUT2D eigenvalue weighted by molar-refractivity contribution is -0.121. The van der Waals surface area contributed by atoms with E-state index < -0.39 is 0 Å². The number of aryl methyl sites for hydroxylation is 2. The standard InChI is InChI=1S/C18H22BrN3OS/c1-12-9-15(3-4-17(12)19)21-18(23)14-5-7-22(8-6-14)10-16-11-24-13(2)20-16/h3-4,9,11,14H,5-8,10H2,1-2H3,(H,21,23). The summed E-state index contributed by atoms with van der Waals surface area (Å²) in [5.41, 5.74) is 3.15. The molecule has 1 aliphatic rings. The van der Waals surface area contributed by atoms with E-state index in [9.17, 15) is 4.79 Å². The van der Waals surface area contributed by atoms with Crippen molar-refractivity contribution in [3.05, 3.63) is 44.3 Å². The van der Waals surface area contributed by atoms with Crippen molar-refractivity contribution in [3.63, 3.8) is 0 Å². The van der Waals surface area contributed by atoms with Crippen molar-refractivity contribution < 1.29 is 4.79 Å². The third-order valence-corrected chi connectivity index (χ3v) is 6.15. The molecule has 0 spiro atoms. The summed E-state index contributed by atoms with van der Waals surface area (Å²) in [6.07, 6.45) is 1.81. The Balaban J connectivity index is 1.50. The Bertz CT molecular complexity index is 723. The second-order valence-corrected chi connectivity index (χ2v) is 8.28. The number of likely N-dealkylation sites (tertiary alicyclic amines) is 1. The number of hydrogen-bond donors (Lipinski definition) is 1. The molecule has 1 aromatic carbocycles. The fraction of sp³-hybridized carbons (Fsp3) is 0.444. The predicted molar refractivity (Wildman–Crippen MR) is 102 cm³/mol. The number of anilines is 1. The topological polar surface area (TPSA) is 45.2 Å². The number of aromatic nitrogens is 1. The largest absolute Gasteiger partial charge is 0.326 e. The first-order valence-corrected chi connectivity index (χ1v) is 9.89. The first-order valence-electron chi connectivity index (χ1n) is 8.21. The molecule has 0 saturated carbocycles. The number of nitrogens with zero attached hydrogens (tertiary/aromatic N) is 2. The van der Waals surface area contributed by atoms with E-state index in [1.165, 1.54) is 0 Å². The number of halogens is 1. The Morgan fingerprint density at radius 3 is 2.75 bits per heavy atom. The maximum Gasteiger partial charge on any atom is 0.227 e. The van der Waals surface area contributed by atoms with Crippen LogP contribution >= 0.6 is 27.3 Å². The summed E-state index contributed by atoms with van der Waals surface area (Å²) >= 11 is 5.18. The molecule has 1 aromatic heterocycles. The summed E-state index contributed by atoms with van der Waals surface area (Å²) in [4.78, 5) is 19.4. The van der Waals surface area contributed by atoms with Gasteiger partial charge in [-0.2, -0.15) is 0 Å². The fourth-order valence-electron chi connectivity index (χ4n) is 3.03. The van der Waals surface area contributed by atoms with Gasteiger partial charge in [0.2, 0.25) is 5.91 Å². The average Bonchev–Trinajstić information content (AvgIpc) is 2.96. The average molecular weight is 408 g/mol. The van der Waals surface area contributed by atoms with Gasteiger partial charge in [0.1, 0.15) is 0 Å². The first-order chi connectivity index (χ1) is 11.5. The molecule has 1 amide bonds. The van der Waals surface area contributed by atoms with Crippen LogP contribution in [-0.2, 0) is 11.3 Å². The van der Waals surface area contributed by atoms with E-state index in [0.29, 0.717) is 0 Å². The highest BCUT2D eigenvalue weighted by Gasteiger charge is 2.25. The van der Waals surface area contributed by atoms with Gasteiger partial charge in [0.25, 0.3) is 0 Å². The van der Waals surface area contributed by atoms with E-state index in [-0.39, 0.29) is 11.8 Å². The molecular weight excluding hydrogens is 386 g/mol. The van der Waals surface area contributed by atoms with Gasteiger partial charge in [-0.1, -0.05) is 15.9 Å². The highest BCUT2D eigenvalue weighted by Crippen LogP contribution is 2.23. The van der Waals surface area contributed by atoms with Gasteiger partial charge in [0.05, 0.1) is 10.7 Å². The number of hydrogen-bond acceptors (Lipinski definition) is 4. The third-order valence-electron chi connectivity index (χ3n) is 4.44. The Hall–Kier alpha value is -1.24. The lowest BCUT2D eigenvalue weighted by Crippen LogP contribution is -2.37. The highest BCUT2D eigenvalue weighted by molar-refractivity contribution is 9.10. The van der Waals surface area contributed by atoms with Gasteiger partial charge in [-0.3, -0.25) is 9.69 Å². The second kappa shape index (κ2) is 7.76. The molecule has 24 heavy (non-hydrogen) atoms. The van der Waals surface area contributed by atoms with E-state index in [0.717, 1.165) is 58.9 Å². The van der Waals surface area contributed by atoms with E-state index in [1.54, 1.807) is 11.3 Å². The van der Waals surface area contributed by atoms with Crippen molar-refractivity contribution in [1.29, 1.82) is 0 Å². The summed E-state index contributed by atoms with van der Waals surface area (Å²) in [5, 5.41) is 6.30. The third kappa shape index (κ3) is 4.43. The molecule has 0 atom stereocenters. The summed E-state index contributed by atoms with van der Waals surface area (Å²) in [6.45, 7) is 6.86. The Morgan fingerprint density at radius 2 is 2.12 bits per heavy atom. The second-order valence-electron chi connectivity index (χ2n) is 6.36. The molecule has 1 saturated heterocycles. The maximum atomic E-state index is 12.5. The van der Waals surface area contributed by atoms with Crippen LogP contribution in [0.15, 0.2) is 28.1 Å². The first kappa shape index (κ1) is 17.6. The molecule has 6 heteroatoms. The van der Waals surface area contributed by atoms with Crippen LogP contribution in [0.3, 0.4) is 0 Å². The molecule has 0 bridgehead atoms. The van der Waals surface area contributed by atoms with Crippen LogP contribution in [0.4, 0.5) is 5.69 Å². The predicted octanol–water partition coefficient (Wildman–Crippen LogP) is 4.37. The summed E-state index contributed by atoms with van der Waals surface area (Å²) in [5.74, 6) is 0.239. The quantitative estimate of drug-likeness (QED) is 0.817. The summed E-state index contributed by atoms with van der Waals surface area (Å²) in [7, 11) is 0. The van der Waals surface area contributed by atoms with Crippen LogP contribution in [-0.4, -0.2) is 28.9 Å². The Labute approximate surface area is 155 Å². The van der Waals surface area contributed by atoms with Crippen LogP contribution in [0.2, 0.25) is 0 Å². The van der Waals surface area contributed by atoms with E-state index in [2.05, 4.69) is 36.5 Å². The molecular formula is C18H22BrN3OS. The van der Waals surface area contributed by atoms with Crippen LogP contribution < -0.4 is 5.32 Å². The SMILES string of the molecule is Cc1nc(CN2CCC(C(=O)Nc3ccc(Br)c(C)c3)CC2)cs1. The van der Waals surface area contributed by atoms with Crippen LogP contribution in [0.5, 0.6) is 0 Å². The molecule has 128 valence electrons. The van der Waals surface area contributed by atoms with Gasteiger partial charge in [-0.05, 0) is 63.5 Å². The van der Waals surface area contributed by atoms with Crippen molar-refractivity contribution in [3.8, 4) is 0 Å². The molecule has 2 aromatic rings. The summed E-state index contributed by atoms with van der Waals surface area (Å²) in [6, 6.07) is 5.92. The zero-order chi connectivity index (χ0) is 17.1. The van der Waals surface area contributed by atoms with E-state index in [4.69, 9.17) is 0 Å². The molecule has 4 nitrogen and oxygen atoms in total. The molecule has 0 radical (unpaired) electrons. The number of benzene rings is 1. The van der Waals surface area contributed by atoms with E-state index >= 15 is 0 Å². The van der Waals surface area contributed by atoms with Gasteiger partial charge in [0.15, 0.2) is 0 Å². The number of nitrogens with one attached hydrogen (secondary N) is 1. The van der Waals surface area contributed by atoms with Crippen LogP contribution in [0.25, 0.3) is 0 Å². The molecule has 1 aliphatic heterocycles. The van der Waals surface area contributed by atoms with Gasteiger partial charge in [-0.15, -0.1) is 11.3 Å². The number of thiazole rings is 1. The minimum Gasteiger partial charge on any atom is -0.326 e. The normalized spacial score (nSPS) is 16.3. The minimum atomic E-state index is 0.0994. The summed E-state index contributed by atoms with van der Waals surface area (Å²) < 4.78 is 1.06. The number of amides is 1. The molecule has 3 rings (SSSR count). The number of carbonyl (C=O) groups excluding carboxylic acids is 1. The zero-order valence-corrected chi connectivity index (χ0v) is 16.4. The minimum absolute atomic E-state index is 0.0994. The highest BCUT2D eigenvalue weighted by atomic mass is 79.9. The zero-order valence-electron chi connectivity index (χ0n) is 14.0. The van der Waals surface area contributed by atoms with Crippen molar-refractivity contribution >= 4 is 38.9 Å². The Kier molecular flexibility index (Phi) is 5.69. The molecule has 1 fully saturated rings. The number of rotatable bonds is 4. The van der Waals surface area contributed by atoms with Crippen LogP contribution in [0, 0.1) is 19.8 Å². The maximum absolute atomic E-state index is 12.5. The lowest BCUT2D eigenvalue weighted by Gasteiger charge is -2.30. The molecule has 2 heterocycles. The number of carbonyl (C=O) groups is 1. The smallest absolute Gasteiger partial charge is 0.227 e. The van der Waals surface area contributed by atoms with Gasteiger partial charge < -0.3 is 5.32 Å². The molecule has 1 N–H and O–H groups in total. The van der Waals surface area contributed by atoms with Gasteiger partial charge in [0, 0.05) is 28.0 Å².